The molecule has 1 N–H and O–H groups in total. The van der Waals surface area contributed by atoms with Gasteiger partial charge in [-0.2, -0.15) is 0 Å². The first-order chi connectivity index (χ1) is 7.59. The molecule has 0 atom stereocenters. The molecule has 1 aromatic heterocycles. The summed E-state index contributed by atoms with van der Waals surface area (Å²) in [7, 11) is 0. The molecular weight excluding hydrogens is 224 g/mol. The normalized spacial score (nSPS) is 11.2. The van der Waals surface area contributed by atoms with E-state index < -0.39 is 5.97 Å². The maximum atomic E-state index is 10.4. The third kappa shape index (κ3) is 4.72. The van der Waals surface area contributed by atoms with E-state index in [9.17, 15) is 4.79 Å². The van der Waals surface area contributed by atoms with Crippen molar-refractivity contribution in [1.82, 2.24) is 9.88 Å². The molecule has 0 radical (unpaired) electrons. The molecule has 0 spiro atoms. The first-order valence-electron chi connectivity index (χ1n) is 5.44. The van der Waals surface area contributed by atoms with Crippen LogP contribution in [0.4, 0.5) is 0 Å². The molecule has 0 aliphatic heterocycles. The number of carboxylic acids is 1. The number of thiazole rings is 1. The Balaban J connectivity index is 2.39. The van der Waals surface area contributed by atoms with E-state index in [-0.39, 0.29) is 6.42 Å². The van der Waals surface area contributed by atoms with Gasteiger partial charge < -0.3 is 5.11 Å². The SMILES string of the molecule is CC(C)N(CCCC(=O)O)Cc1nccs1. The Morgan fingerprint density at radius 1 is 1.62 bits per heavy atom. The van der Waals surface area contributed by atoms with Gasteiger partial charge in [0.05, 0.1) is 6.54 Å². The van der Waals surface area contributed by atoms with E-state index in [1.165, 1.54) is 0 Å². The van der Waals surface area contributed by atoms with Crippen LogP contribution in [0.2, 0.25) is 0 Å². The predicted octanol–water partition coefficient (Wildman–Crippen LogP) is 2.22. The van der Waals surface area contributed by atoms with Gasteiger partial charge in [-0.1, -0.05) is 0 Å². The van der Waals surface area contributed by atoms with E-state index in [1.807, 2.05) is 5.38 Å². The van der Waals surface area contributed by atoms with Gasteiger partial charge in [-0.05, 0) is 26.8 Å². The molecule has 0 saturated heterocycles. The zero-order valence-corrected chi connectivity index (χ0v) is 10.5. The lowest BCUT2D eigenvalue weighted by Gasteiger charge is -2.25. The summed E-state index contributed by atoms with van der Waals surface area (Å²) in [5.74, 6) is -0.724. The van der Waals surface area contributed by atoms with E-state index in [1.54, 1.807) is 17.5 Å². The first-order valence-corrected chi connectivity index (χ1v) is 6.31. The van der Waals surface area contributed by atoms with Gasteiger partial charge in [0.2, 0.25) is 0 Å². The van der Waals surface area contributed by atoms with Gasteiger partial charge in [-0.3, -0.25) is 9.69 Å². The topological polar surface area (TPSA) is 53.4 Å². The number of nitrogens with zero attached hydrogens (tertiary/aromatic N) is 2. The van der Waals surface area contributed by atoms with Gasteiger partial charge >= 0.3 is 5.97 Å². The van der Waals surface area contributed by atoms with Crippen LogP contribution in [0.25, 0.3) is 0 Å². The number of rotatable bonds is 7. The van der Waals surface area contributed by atoms with Crippen molar-refractivity contribution >= 4 is 17.3 Å². The summed E-state index contributed by atoms with van der Waals surface area (Å²) in [6.07, 6.45) is 2.73. The molecule has 90 valence electrons. The van der Waals surface area contributed by atoms with Gasteiger partial charge in [-0.25, -0.2) is 4.98 Å². The van der Waals surface area contributed by atoms with E-state index in [0.717, 1.165) is 18.1 Å². The lowest BCUT2D eigenvalue weighted by atomic mass is 10.2. The molecule has 5 heteroatoms. The molecule has 1 rings (SSSR count). The Hall–Kier alpha value is -0.940. The van der Waals surface area contributed by atoms with Crippen molar-refractivity contribution in [2.24, 2.45) is 0 Å². The van der Waals surface area contributed by atoms with Crippen molar-refractivity contribution in [3.63, 3.8) is 0 Å². The first kappa shape index (κ1) is 13.1. The van der Waals surface area contributed by atoms with Crippen molar-refractivity contribution < 1.29 is 9.90 Å². The van der Waals surface area contributed by atoms with Crippen LogP contribution in [-0.4, -0.2) is 33.5 Å². The van der Waals surface area contributed by atoms with Gasteiger partial charge in [0.1, 0.15) is 5.01 Å². The summed E-state index contributed by atoms with van der Waals surface area (Å²) in [6, 6.07) is 0.415. The van der Waals surface area contributed by atoms with Gasteiger partial charge in [0, 0.05) is 24.0 Å². The Morgan fingerprint density at radius 3 is 2.88 bits per heavy atom. The van der Waals surface area contributed by atoms with Crippen molar-refractivity contribution in [2.75, 3.05) is 6.54 Å². The Kier molecular flexibility index (Phi) is 5.42. The quantitative estimate of drug-likeness (QED) is 0.796. The zero-order valence-electron chi connectivity index (χ0n) is 9.72. The number of aliphatic carboxylic acids is 1. The maximum Gasteiger partial charge on any atom is 0.303 e. The minimum absolute atomic E-state index is 0.237. The van der Waals surface area contributed by atoms with E-state index >= 15 is 0 Å². The fourth-order valence-corrected chi connectivity index (χ4v) is 2.10. The van der Waals surface area contributed by atoms with Crippen molar-refractivity contribution in [1.29, 1.82) is 0 Å². The molecular formula is C11H18N2O2S. The standard InChI is InChI=1S/C11H18N2O2S/c1-9(2)13(6-3-4-11(14)15)8-10-12-5-7-16-10/h5,7,9H,3-4,6,8H2,1-2H3,(H,14,15). The zero-order chi connectivity index (χ0) is 12.0. The summed E-state index contributed by atoms with van der Waals surface area (Å²) in [4.78, 5) is 16.9. The Labute approximate surface area is 99.9 Å². The van der Waals surface area contributed by atoms with Crippen molar-refractivity contribution in [3.05, 3.63) is 16.6 Å². The second-order valence-electron chi connectivity index (χ2n) is 3.99. The maximum absolute atomic E-state index is 10.4. The lowest BCUT2D eigenvalue weighted by Crippen LogP contribution is -2.31. The molecule has 0 saturated carbocycles. The minimum atomic E-state index is -0.724. The summed E-state index contributed by atoms with van der Waals surface area (Å²) < 4.78 is 0. The molecule has 0 fully saturated rings. The number of carboxylic acid groups (broad SMARTS) is 1. The number of hydrogen-bond acceptors (Lipinski definition) is 4. The van der Waals surface area contributed by atoms with Crippen LogP contribution in [0, 0.1) is 0 Å². The predicted molar refractivity (Wildman–Crippen MR) is 64.5 cm³/mol. The average Bonchev–Trinajstić information content (AvgIpc) is 2.68. The average molecular weight is 242 g/mol. The summed E-state index contributed by atoms with van der Waals surface area (Å²) in [5, 5.41) is 11.6. The number of aromatic nitrogens is 1. The Morgan fingerprint density at radius 2 is 2.38 bits per heavy atom. The van der Waals surface area contributed by atoms with Crippen LogP contribution >= 0.6 is 11.3 Å². The van der Waals surface area contributed by atoms with Crippen LogP contribution in [0.1, 0.15) is 31.7 Å². The molecule has 0 unspecified atom stereocenters. The highest BCUT2D eigenvalue weighted by atomic mass is 32.1. The third-order valence-corrected chi connectivity index (χ3v) is 3.15. The molecule has 1 heterocycles. The fourth-order valence-electron chi connectivity index (χ4n) is 1.46. The van der Waals surface area contributed by atoms with Crippen molar-refractivity contribution in [2.45, 2.75) is 39.3 Å². The summed E-state index contributed by atoms with van der Waals surface area (Å²) in [5.41, 5.74) is 0. The van der Waals surface area contributed by atoms with Crippen LogP contribution in [0.15, 0.2) is 11.6 Å². The molecule has 0 aliphatic carbocycles. The van der Waals surface area contributed by atoms with Crippen molar-refractivity contribution in [3.8, 4) is 0 Å². The van der Waals surface area contributed by atoms with E-state index in [0.29, 0.717) is 12.5 Å². The van der Waals surface area contributed by atoms with E-state index in [4.69, 9.17) is 5.11 Å². The minimum Gasteiger partial charge on any atom is -0.481 e. The summed E-state index contributed by atoms with van der Waals surface area (Å²) in [6.45, 7) is 5.86. The molecule has 1 aromatic rings. The smallest absolute Gasteiger partial charge is 0.303 e. The molecule has 0 aliphatic rings. The molecule has 16 heavy (non-hydrogen) atoms. The summed E-state index contributed by atoms with van der Waals surface area (Å²) >= 11 is 1.64. The molecule has 0 amide bonds. The highest BCUT2D eigenvalue weighted by Crippen LogP contribution is 2.11. The highest BCUT2D eigenvalue weighted by molar-refractivity contribution is 7.09. The van der Waals surface area contributed by atoms with Crippen LogP contribution in [0.5, 0.6) is 0 Å². The third-order valence-electron chi connectivity index (χ3n) is 2.39. The van der Waals surface area contributed by atoms with E-state index in [2.05, 4.69) is 23.7 Å². The van der Waals surface area contributed by atoms with Gasteiger partial charge in [0.15, 0.2) is 0 Å². The number of carbonyl (C=O) groups is 1. The second-order valence-corrected chi connectivity index (χ2v) is 4.97. The van der Waals surface area contributed by atoms with Gasteiger partial charge in [0.25, 0.3) is 0 Å². The lowest BCUT2D eigenvalue weighted by molar-refractivity contribution is -0.137. The number of hydrogen-bond donors (Lipinski definition) is 1. The largest absolute Gasteiger partial charge is 0.481 e. The highest BCUT2D eigenvalue weighted by Gasteiger charge is 2.11. The molecule has 0 bridgehead atoms. The van der Waals surface area contributed by atoms with Crippen LogP contribution in [0.3, 0.4) is 0 Å². The Bertz CT molecular complexity index is 312. The molecule has 0 aromatic carbocycles. The monoisotopic (exact) mass is 242 g/mol. The molecule has 4 nitrogen and oxygen atoms in total. The second kappa shape index (κ2) is 6.60. The van der Waals surface area contributed by atoms with Crippen LogP contribution in [-0.2, 0) is 11.3 Å². The van der Waals surface area contributed by atoms with Gasteiger partial charge in [-0.15, -0.1) is 11.3 Å². The fraction of sp³-hybridized carbons (Fsp3) is 0.636. The van der Waals surface area contributed by atoms with Crippen LogP contribution < -0.4 is 0 Å².